The van der Waals surface area contributed by atoms with E-state index in [0.717, 1.165) is 29.9 Å². The molecule has 1 aliphatic rings. The van der Waals surface area contributed by atoms with E-state index in [0.29, 0.717) is 5.56 Å². The van der Waals surface area contributed by atoms with Crippen molar-refractivity contribution in [3.05, 3.63) is 59.2 Å². The third-order valence-electron chi connectivity index (χ3n) is 4.58. The van der Waals surface area contributed by atoms with Gasteiger partial charge >= 0.3 is 0 Å². The molecule has 0 bridgehead atoms. The monoisotopic (exact) mass is 322 g/mol. The Morgan fingerprint density at radius 2 is 1.46 bits per heavy atom. The molecule has 3 rings (SSSR count). The lowest BCUT2D eigenvalue weighted by atomic mass is 10.1. The van der Waals surface area contributed by atoms with Crippen LogP contribution in [0.3, 0.4) is 0 Å². The fraction of sp³-hybridized carbons (Fsp3) is 0.381. The van der Waals surface area contributed by atoms with Crippen molar-refractivity contribution >= 4 is 17.3 Å². The lowest BCUT2D eigenvalue weighted by Crippen LogP contribution is -2.23. The van der Waals surface area contributed by atoms with Gasteiger partial charge in [-0.2, -0.15) is 0 Å². The molecule has 2 aromatic rings. The molecule has 3 heteroatoms. The molecule has 1 amide bonds. The summed E-state index contributed by atoms with van der Waals surface area (Å²) in [5.41, 5.74) is 5.02. The topological polar surface area (TPSA) is 32.3 Å². The van der Waals surface area contributed by atoms with Crippen molar-refractivity contribution in [2.45, 2.75) is 39.5 Å². The largest absolute Gasteiger partial charge is 0.372 e. The van der Waals surface area contributed by atoms with Crippen molar-refractivity contribution in [3.63, 3.8) is 0 Å². The molecule has 1 N–H and O–H groups in total. The molecule has 0 unspecified atom stereocenters. The van der Waals surface area contributed by atoms with Gasteiger partial charge in [0.2, 0.25) is 0 Å². The number of carbonyl (C=O) groups excluding carboxylic acids is 1. The van der Waals surface area contributed by atoms with Crippen LogP contribution in [0.4, 0.5) is 11.4 Å². The Morgan fingerprint density at radius 1 is 0.875 bits per heavy atom. The van der Waals surface area contributed by atoms with E-state index in [1.165, 1.54) is 31.4 Å². The second kappa shape index (κ2) is 7.52. The van der Waals surface area contributed by atoms with Gasteiger partial charge in [0.1, 0.15) is 0 Å². The van der Waals surface area contributed by atoms with Crippen molar-refractivity contribution in [1.82, 2.24) is 0 Å². The molecule has 126 valence electrons. The summed E-state index contributed by atoms with van der Waals surface area (Å²) in [5.74, 6) is -0.0516. The molecule has 0 aliphatic carbocycles. The van der Waals surface area contributed by atoms with E-state index in [-0.39, 0.29) is 5.91 Å². The van der Waals surface area contributed by atoms with Crippen LogP contribution in [0.1, 0.15) is 47.2 Å². The summed E-state index contributed by atoms with van der Waals surface area (Å²) >= 11 is 0. The molecule has 1 aliphatic heterocycles. The van der Waals surface area contributed by atoms with Gasteiger partial charge in [-0.05, 0) is 63.1 Å². The number of benzene rings is 2. The van der Waals surface area contributed by atoms with Crippen LogP contribution in [0.25, 0.3) is 0 Å². The van der Waals surface area contributed by atoms with Crippen LogP contribution in [0, 0.1) is 13.8 Å². The van der Waals surface area contributed by atoms with Crippen LogP contribution in [0.2, 0.25) is 0 Å². The summed E-state index contributed by atoms with van der Waals surface area (Å²) in [6.45, 7) is 6.29. The van der Waals surface area contributed by atoms with Crippen LogP contribution < -0.4 is 10.2 Å². The van der Waals surface area contributed by atoms with Crippen LogP contribution in [0.15, 0.2) is 42.5 Å². The molecule has 3 nitrogen and oxygen atoms in total. The molecule has 24 heavy (non-hydrogen) atoms. The van der Waals surface area contributed by atoms with E-state index in [1.807, 2.05) is 38.1 Å². The van der Waals surface area contributed by atoms with Gasteiger partial charge in [0, 0.05) is 30.0 Å². The number of rotatable bonds is 3. The number of aryl methyl sites for hydroxylation is 2. The van der Waals surface area contributed by atoms with Gasteiger partial charge < -0.3 is 10.2 Å². The molecule has 2 aromatic carbocycles. The first-order valence-electron chi connectivity index (χ1n) is 8.86. The summed E-state index contributed by atoms with van der Waals surface area (Å²) in [7, 11) is 0. The minimum atomic E-state index is -0.0516. The number of carbonyl (C=O) groups is 1. The number of anilines is 2. The summed E-state index contributed by atoms with van der Waals surface area (Å²) in [5, 5.41) is 3.00. The highest BCUT2D eigenvalue weighted by atomic mass is 16.1. The number of hydrogen-bond donors (Lipinski definition) is 1. The Morgan fingerprint density at radius 3 is 2.04 bits per heavy atom. The minimum Gasteiger partial charge on any atom is -0.372 e. The Kier molecular flexibility index (Phi) is 5.19. The third kappa shape index (κ3) is 4.16. The third-order valence-corrected chi connectivity index (χ3v) is 4.58. The molecule has 0 saturated carbocycles. The zero-order chi connectivity index (χ0) is 16.9. The smallest absolute Gasteiger partial charge is 0.255 e. The van der Waals surface area contributed by atoms with Gasteiger partial charge in [0.15, 0.2) is 0 Å². The highest BCUT2D eigenvalue weighted by Gasteiger charge is 2.11. The minimum absolute atomic E-state index is 0.0516. The molecule has 0 radical (unpaired) electrons. The normalized spacial score (nSPS) is 15.0. The SMILES string of the molecule is Cc1cc(C)cc(C(=O)Nc2ccc(N3CCCCCC3)cc2)c1. The highest BCUT2D eigenvalue weighted by molar-refractivity contribution is 6.04. The Balaban J connectivity index is 1.68. The van der Waals surface area contributed by atoms with Gasteiger partial charge in [0.25, 0.3) is 5.91 Å². The van der Waals surface area contributed by atoms with E-state index in [4.69, 9.17) is 0 Å². The Hall–Kier alpha value is -2.29. The Bertz CT molecular complexity index is 678. The summed E-state index contributed by atoms with van der Waals surface area (Å²) < 4.78 is 0. The van der Waals surface area contributed by atoms with Crippen molar-refractivity contribution in [3.8, 4) is 0 Å². The zero-order valence-electron chi connectivity index (χ0n) is 14.6. The molecule has 0 aromatic heterocycles. The number of hydrogen-bond acceptors (Lipinski definition) is 2. The molecular weight excluding hydrogens is 296 g/mol. The van der Waals surface area contributed by atoms with Gasteiger partial charge in [0.05, 0.1) is 0 Å². The Labute approximate surface area is 144 Å². The van der Waals surface area contributed by atoms with Gasteiger partial charge in [-0.1, -0.05) is 30.0 Å². The summed E-state index contributed by atoms with van der Waals surface area (Å²) in [6.07, 6.45) is 5.21. The van der Waals surface area contributed by atoms with Crippen molar-refractivity contribution < 1.29 is 4.79 Å². The van der Waals surface area contributed by atoms with E-state index in [2.05, 4.69) is 28.4 Å². The standard InChI is InChI=1S/C21H26N2O/c1-16-13-17(2)15-18(14-16)21(24)22-19-7-9-20(10-8-19)23-11-5-3-4-6-12-23/h7-10,13-15H,3-6,11-12H2,1-2H3,(H,22,24). The van der Waals surface area contributed by atoms with E-state index >= 15 is 0 Å². The van der Waals surface area contributed by atoms with E-state index < -0.39 is 0 Å². The maximum absolute atomic E-state index is 12.4. The number of nitrogens with zero attached hydrogens (tertiary/aromatic N) is 1. The quantitative estimate of drug-likeness (QED) is 0.868. The first-order valence-corrected chi connectivity index (χ1v) is 8.86. The number of amides is 1. The lowest BCUT2D eigenvalue weighted by Gasteiger charge is -2.22. The van der Waals surface area contributed by atoms with Gasteiger partial charge in [-0.25, -0.2) is 0 Å². The van der Waals surface area contributed by atoms with E-state index in [1.54, 1.807) is 0 Å². The average molecular weight is 322 g/mol. The van der Waals surface area contributed by atoms with Crippen LogP contribution in [-0.4, -0.2) is 19.0 Å². The lowest BCUT2D eigenvalue weighted by molar-refractivity contribution is 0.102. The van der Waals surface area contributed by atoms with Crippen molar-refractivity contribution in [2.75, 3.05) is 23.3 Å². The van der Waals surface area contributed by atoms with Crippen LogP contribution >= 0.6 is 0 Å². The van der Waals surface area contributed by atoms with Crippen molar-refractivity contribution in [2.24, 2.45) is 0 Å². The summed E-state index contributed by atoms with van der Waals surface area (Å²) in [6, 6.07) is 14.2. The maximum atomic E-state index is 12.4. The molecule has 1 heterocycles. The van der Waals surface area contributed by atoms with Crippen molar-refractivity contribution in [1.29, 1.82) is 0 Å². The maximum Gasteiger partial charge on any atom is 0.255 e. The van der Waals surface area contributed by atoms with Crippen LogP contribution in [-0.2, 0) is 0 Å². The second-order valence-electron chi connectivity index (χ2n) is 6.78. The fourth-order valence-corrected chi connectivity index (χ4v) is 3.39. The second-order valence-corrected chi connectivity index (χ2v) is 6.78. The van der Waals surface area contributed by atoms with E-state index in [9.17, 15) is 4.79 Å². The predicted octanol–water partition coefficient (Wildman–Crippen LogP) is 4.94. The van der Waals surface area contributed by atoms with Crippen LogP contribution in [0.5, 0.6) is 0 Å². The average Bonchev–Trinajstić information content (AvgIpc) is 2.84. The zero-order valence-corrected chi connectivity index (χ0v) is 14.6. The summed E-state index contributed by atoms with van der Waals surface area (Å²) in [4.78, 5) is 14.9. The molecule has 1 saturated heterocycles. The molecule has 0 spiro atoms. The molecule has 0 atom stereocenters. The molecule has 1 fully saturated rings. The number of nitrogens with one attached hydrogen (secondary N) is 1. The van der Waals surface area contributed by atoms with Gasteiger partial charge in [-0.15, -0.1) is 0 Å². The first-order chi connectivity index (χ1) is 11.6. The fourth-order valence-electron chi connectivity index (χ4n) is 3.39. The molecular formula is C21H26N2O. The first kappa shape index (κ1) is 16.6. The van der Waals surface area contributed by atoms with Gasteiger partial charge in [-0.3, -0.25) is 4.79 Å². The highest BCUT2D eigenvalue weighted by Crippen LogP contribution is 2.22. The predicted molar refractivity (Wildman–Crippen MR) is 101 cm³/mol.